The fourth-order valence-corrected chi connectivity index (χ4v) is 5.23. The van der Waals surface area contributed by atoms with Crippen LogP contribution in [-0.2, 0) is 19.2 Å². The van der Waals surface area contributed by atoms with Crippen molar-refractivity contribution in [1.29, 1.82) is 0 Å². The fraction of sp³-hybridized carbons (Fsp3) is 0.556. The van der Waals surface area contributed by atoms with Gasteiger partial charge in [0.2, 0.25) is 0 Å². The van der Waals surface area contributed by atoms with Crippen molar-refractivity contribution in [2.45, 2.75) is 102 Å². The van der Waals surface area contributed by atoms with Crippen molar-refractivity contribution < 1.29 is 19.2 Å². The minimum atomic E-state index is -0.332. The monoisotopic (exact) mass is 593 g/mol. The van der Waals surface area contributed by atoms with Crippen LogP contribution in [0.3, 0.4) is 0 Å². The molecule has 0 amide bonds. The molecule has 238 valence electrons. The van der Waals surface area contributed by atoms with Crippen LogP contribution in [-0.4, -0.2) is 62.9 Å². The molecular weight excluding hydrogens is 538 g/mol. The molecule has 0 radical (unpaired) electrons. The number of rotatable bonds is 21. The van der Waals surface area contributed by atoms with Gasteiger partial charge in [-0.3, -0.25) is 19.2 Å². The van der Waals surface area contributed by atoms with Gasteiger partial charge >= 0.3 is 0 Å². The number of nitrogens with one attached hydrogen (secondary N) is 3. The predicted molar refractivity (Wildman–Crippen MR) is 177 cm³/mol. The summed E-state index contributed by atoms with van der Waals surface area (Å²) < 4.78 is 0. The van der Waals surface area contributed by atoms with Crippen molar-refractivity contribution in [3.05, 3.63) is 71.8 Å². The molecule has 0 fully saturated rings. The van der Waals surface area contributed by atoms with Crippen molar-refractivity contribution in [3.63, 3.8) is 0 Å². The van der Waals surface area contributed by atoms with Crippen molar-refractivity contribution in [3.8, 4) is 0 Å². The SMILES string of the molecule is CCCCCC(NC)C(=O)CC(C(C)=O)c1ccccc1.CNCCCCC(NC)C(=O)CC(C(C)=O)c1ccccc1. The van der Waals surface area contributed by atoms with E-state index in [-0.39, 0.29) is 59.9 Å². The summed E-state index contributed by atoms with van der Waals surface area (Å²) in [6, 6.07) is 18.8. The van der Waals surface area contributed by atoms with E-state index < -0.39 is 0 Å². The number of ketones is 4. The zero-order valence-electron chi connectivity index (χ0n) is 27.3. The second-order valence-electron chi connectivity index (χ2n) is 11.3. The Hall–Kier alpha value is -3.00. The Morgan fingerprint density at radius 1 is 0.605 bits per heavy atom. The van der Waals surface area contributed by atoms with Crippen LogP contribution in [0.25, 0.3) is 0 Å². The molecule has 3 N–H and O–H groups in total. The Morgan fingerprint density at radius 2 is 1.00 bits per heavy atom. The number of hydrogen-bond donors (Lipinski definition) is 3. The zero-order chi connectivity index (χ0) is 32.0. The van der Waals surface area contributed by atoms with Gasteiger partial charge in [0.15, 0.2) is 11.6 Å². The maximum absolute atomic E-state index is 12.5. The van der Waals surface area contributed by atoms with Crippen molar-refractivity contribution >= 4 is 23.1 Å². The lowest BCUT2D eigenvalue weighted by molar-refractivity contribution is -0.125. The molecule has 7 nitrogen and oxygen atoms in total. The smallest absolute Gasteiger partial charge is 0.150 e. The van der Waals surface area contributed by atoms with E-state index in [9.17, 15) is 19.2 Å². The first-order valence-corrected chi connectivity index (χ1v) is 15.8. The average Bonchev–Trinajstić information content (AvgIpc) is 3.01. The van der Waals surface area contributed by atoms with Gasteiger partial charge in [0, 0.05) is 24.7 Å². The van der Waals surface area contributed by atoms with E-state index in [4.69, 9.17) is 0 Å². The minimum absolute atomic E-state index is 0.0459. The summed E-state index contributed by atoms with van der Waals surface area (Å²) in [7, 11) is 5.56. The fourth-order valence-electron chi connectivity index (χ4n) is 5.23. The number of hydrogen-bond acceptors (Lipinski definition) is 7. The summed E-state index contributed by atoms with van der Waals surface area (Å²) >= 11 is 0. The van der Waals surface area contributed by atoms with Gasteiger partial charge in [-0.15, -0.1) is 0 Å². The summed E-state index contributed by atoms with van der Waals surface area (Å²) in [5.74, 6) is -0.293. The molecule has 0 saturated carbocycles. The molecule has 0 aromatic heterocycles. The third-order valence-corrected chi connectivity index (χ3v) is 7.94. The second-order valence-corrected chi connectivity index (χ2v) is 11.3. The Kier molecular flexibility index (Phi) is 19.9. The standard InChI is InChI=1S/C18H28N2O2.C18H27NO2/c1-14(21)16(15-9-5-4-6-10-15)13-18(22)17(20-3)11-7-8-12-19-2;1-4-5-7-12-17(19-3)18(21)13-16(14(2)20)15-10-8-6-9-11-15/h4-6,9-10,16-17,19-20H,7-8,11-13H2,1-3H3;6,8-11,16-17,19H,4-5,7,12-13H2,1-3H3. The Balaban J connectivity index is 0.000000430. The molecule has 0 saturated heterocycles. The maximum atomic E-state index is 12.5. The molecule has 0 heterocycles. The molecule has 2 aromatic carbocycles. The quantitative estimate of drug-likeness (QED) is 0.158. The molecule has 2 rings (SSSR count). The number of Topliss-reactive ketones (excluding diaryl/α,β-unsaturated/α-hetero) is 4. The maximum Gasteiger partial charge on any atom is 0.150 e. The zero-order valence-corrected chi connectivity index (χ0v) is 27.3. The number of carbonyl (C=O) groups excluding carboxylic acids is 4. The Bertz CT molecular complexity index is 1070. The van der Waals surface area contributed by atoms with Crippen LogP contribution in [0.15, 0.2) is 60.7 Å². The van der Waals surface area contributed by atoms with Crippen LogP contribution in [0.2, 0.25) is 0 Å². The summed E-state index contributed by atoms with van der Waals surface area (Å²) in [6.07, 6.45) is 7.60. The molecule has 0 bridgehead atoms. The lowest BCUT2D eigenvalue weighted by Crippen LogP contribution is -2.35. The molecule has 0 spiro atoms. The Morgan fingerprint density at radius 3 is 1.33 bits per heavy atom. The lowest BCUT2D eigenvalue weighted by atomic mass is 9.88. The Labute approximate surface area is 260 Å². The number of carbonyl (C=O) groups is 4. The van der Waals surface area contributed by atoms with E-state index in [1.165, 1.54) is 0 Å². The first-order chi connectivity index (χ1) is 20.7. The van der Waals surface area contributed by atoms with Crippen LogP contribution in [0, 0.1) is 0 Å². The van der Waals surface area contributed by atoms with E-state index in [0.29, 0.717) is 0 Å². The average molecular weight is 594 g/mol. The van der Waals surface area contributed by atoms with Crippen LogP contribution in [0.1, 0.15) is 102 Å². The first kappa shape index (κ1) is 38.0. The highest BCUT2D eigenvalue weighted by Crippen LogP contribution is 2.23. The first-order valence-electron chi connectivity index (χ1n) is 15.8. The van der Waals surface area contributed by atoms with E-state index in [2.05, 4.69) is 22.9 Å². The number of unbranched alkanes of at least 4 members (excludes halogenated alkanes) is 3. The van der Waals surface area contributed by atoms with Gasteiger partial charge in [-0.25, -0.2) is 0 Å². The highest BCUT2D eigenvalue weighted by atomic mass is 16.1. The molecule has 0 aliphatic rings. The summed E-state index contributed by atoms with van der Waals surface area (Å²) in [5, 5.41) is 9.30. The molecule has 2 aromatic rings. The predicted octanol–water partition coefficient (Wildman–Crippen LogP) is 5.78. The molecule has 43 heavy (non-hydrogen) atoms. The van der Waals surface area contributed by atoms with Gasteiger partial charge in [0.05, 0.1) is 12.1 Å². The van der Waals surface area contributed by atoms with Crippen LogP contribution < -0.4 is 16.0 Å². The molecular formula is C36H55N3O4. The number of likely N-dealkylation sites (N-methyl/N-ethyl adjacent to an activating group) is 2. The third kappa shape index (κ3) is 14.8. The summed E-state index contributed by atoms with van der Waals surface area (Å²) in [4.78, 5) is 48.7. The van der Waals surface area contributed by atoms with Crippen LogP contribution in [0.4, 0.5) is 0 Å². The van der Waals surface area contributed by atoms with Gasteiger partial charge in [0.1, 0.15) is 11.6 Å². The van der Waals surface area contributed by atoms with Gasteiger partial charge in [0.25, 0.3) is 0 Å². The lowest BCUT2D eigenvalue weighted by Gasteiger charge is -2.19. The highest BCUT2D eigenvalue weighted by molar-refractivity contribution is 5.93. The van der Waals surface area contributed by atoms with Crippen molar-refractivity contribution in [1.82, 2.24) is 16.0 Å². The van der Waals surface area contributed by atoms with Crippen molar-refractivity contribution in [2.24, 2.45) is 0 Å². The van der Waals surface area contributed by atoms with E-state index in [1.54, 1.807) is 13.8 Å². The third-order valence-electron chi connectivity index (χ3n) is 7.94. The molecule has 0 aliphatic heterocycles. The van der Waals surface area contributed by atoms with E-state index >= 15 is 0 Å². The van der Waals surface area contributed by atoms with Gasteiger partial charge in [-0.05, 0) is 71.9 Å². The summed E-state index contributed by atoms with van der Waals surface area (Å²) in [5.41, 5.74) is 1.86. The molecule has 7 heteroatoms. The minimum Gasteiger partial charge on any atom is -0.320 e. The molecule has 0 aliphatic carbocycles. The van der Waals surface area contributed by atoms with Crippen LogP contribution in [0.5, 0.6) is 0 Å². The van der Waals surface area contributed by atoms with E-state index in [1.807, 2.05) is 81.8 Å². The molecule has 4 atom stereocenters. The van der Waals surface area contributed by atoms with Crippen LogP contribution >= 0.6 is 0 Å². The second kappa shape index (κ2) is 22.5. The van der Waals surface area contributed by atoms with Gasteiger partial charge in [-0.1, -0.05) is 93.3 Å². The van der Waals surface area contributed by atoms with E-state index in [0.717, 1.165) is 62.6 Å². The summed E-state index contributed by atoms with van der Waals surface area (Å²) in [6.45, 7) is 6.24. The van der Waals surface area contributed by atoms with Gasteiger partial charge in [-0.2, -0.15) is 0 Å². The normalized spacial score (nSPS) is 13.6. The number of benzene rings is 2. The molecule has 4 unspecified atom stereocenters. The highest BCUT2D eigenvalue weighted by Gasteiger charge is 2.25. The van der Waals surface area contributed by atoms with Gasteiger partial charge < -0.3 is 16.0 Å². The largest absolute Gasteiger partial charge is 0.320 e. The van der Waals surface area contributed by atoms with Crippen molar-refractivity contribution in [2.75, 3.05) is 27.7 Å². The topological polar surface area (TPSA) is 104 Å².